The zero-order valence-corrected chi connectivity index (χ0v) is 13.3. The predicted molar refractivity (Wildman–Crippen MR) is 84.3 cm³/mol. The number of amides is 2. The van der Waals surface area contributed by atoms with Gasteiger partial charge in [-0.05, 0) is 57.7 Å². The van der Waals surface area contributed by atoms with Gasteiger partial charge in [0.2, 0.25) is 0 Å². The van der Waals surface area contributed by atoms with Crippen LogP contribution in [0.3, 0.4) is 0 Å². The summed E-state index contributed by atoms with van der Waals surface area (Å²) in [4.78, 5) is 14.3. The number of carbonyl (C=O) groups excluding carboxylic acids is 1. The average molecular weight is 297 g/mol. The Hall–Kier alpha value is -0.810. The van der Waals surface area contributed by atoms with Crippen molar-refractivity contribution in [2.45, 2.75) is 64.0 Å². The van der Waals surface area contributed by atoms with Crippen molar-refractivity contribution in [1.29, 1.82) is 0 Å². The minimum absolute atomic E-state index is 0.0673. The Morgan fingerprint density at radius 2 is 1.90 bits per heavy atom. The number of carbonyl (C=O) groups is 1. The van der Waals surface area contributed by atoms with Gasteiger partial charge in [0.05, 0.1) is 12.1 Å². The Morgan fingerprint density at radius 1 is 1.19 bits per heavy atom. The summed E-state index contributed by atoms with van der Waals surface area (Å²) >= 11 is 0. The number of aliphatic hydroxyl groups excluding tert-OH is 1. The van der Waals surface area contributed by atoms with Gasteiger partial charge in [0.1, 0.15) is 0 Å². The Labute approximate surface area is 128 Å². The summed E-state index contributed by atoms with van der Waals surface area (Å²) in [6, 6.07) is -0.199. The van der Waals surface area contributed by atoms with Gasteiger partial charge in [-0.3, -0.25) is 0 Å². The van der Waals surface area contributed by atoms with E-state index in [0.29, 0.717) is 6.54 Å². The number of urea groups is 1. The molecule has 2 rings (SSSR count). The van der Waals surface area contributed by atoms with E-state index >= 15 is 0 Å². The third-order valence-corrected chi connectivity index (χ3v) is 4.86. The normalized spacial score (nSPS) is 28.3. The van der Waals surface area contributed by atoms with Crippen LogP contribution in [0, 0.1) is 5.92 Å². The molecule has 2 amide bonds. The molecule has 0 spiro atoms. The zero-order valence-electron chi connectivity index (χ0n) is 13.3. The van der Waals surface area contributed by atoms with Crippen molar-refractivity contribution in [3.05, 3.63) is 0 Å². The van der Waals surface area contributed by atoms with Gasteiger partial charge in [-0.15, -0.1) is 0 Å². The molecule has 1 aliphatic heterocycles. The molecule has 0 radical (unpaired) electrons. The van der Waals surface area contributed by atoms with Gasteiger partial charge in [-0.2, -0.15) is 0 Å². The fourth-order valence-corrected chi connectivity index (χ4v) is 3.29. The van der Waals surface area contributed by atoms with E-state index in [0.717, 1.165) is 44.6 Å². The molecule has 2 unspecified atom stereocenters. The van der Waals surface area contributed by atoms with Crippen LogP contribution in [0.25, 0.3) is 0 Å². The van der Waals surface area contributed by atoms with Crippen molar-refractivity contribution in [1.82, 2.24) is 15.5 Å². The van der Waals surface area contributed by atoms with E-state index in [9.17, 15) is 9.90 Å². The molecule has 2 fully saturated rings. The molecule has 2 aliphatic rings. The summed E-state index contributed by atoms with van der Waals surface area (Å²) in [5.74, 6) is 0.868. The highest BCUT2D eigenvalue weighted by molar-refractivity contribution is 5.74. The topological polar surface area (TPSA) is 64.6 Å². The first kappa shape index (κ1) is 16.6. The lowest BCUT2D eigenvalue weighted by atomic mass is 9.93. The van der Waals surface area contributed by atoms with E-state index in [1.54, 1.807) is 0 Å². The fourth-order valence-electron chi connectivity index (χ4n) is 3.29. The minimum atomic E-state index is -0.375. The first-order valence-electron chi connectivity index (χ1n) is 8.60. The second-order valence-corrected chi connectivity index (χ2v) is 6.74. The van der Waals surface area contributed by atoms with Crippen LogP contribution in [0.2, 0.25) is 0 Å². The molecule has 21 heavy (non-hydrogen) atoms. The molecule has 1 saturated heterocycles. The predicted octanol–water partition coefficient (Wildman–Crippen LogP) is 1.71. The van der Waals surface area contributed by atoms with Crippen molar-refractivity contribution in [2.75, 3.05) is 26.2 Å². The van der Waals surface area contributed by atoms with Gasteiger partial charge >= 0.3 is 6.03 Å². The molecular formula is C16H31N3O2. The van der Waals surface area contributed by atoms with Gasteiger partial charge < -0.3 is 20.6 Å². The standard InChI is InChI=1S/C16H31N3O2/c1-13-7-11-19(12-8-13)10-4-9-17-16(21)18-14-5-2-3-6-15(14)20/h13-15,20H,2-12H2,1H3,(H2,17,18,21). The van der Waals surface area contributed by atoms with Crippen LogP contribution in [-0.2, 0) is 0 Å². The third kappa shape index (κ3) is 5.83. The van der Waals surface area contributed by atoms with Crippen LogP contribution in [0.5, 0.6) is 0 Å². The first-order chi connectivity index (χ1) is 10.1. The molecule has 1 aliphatic carbocycles. The second kappa shape index (κ2) is 8.59. The fraction of sp³-hybridized carbons (Fsp3) is 0.938. The number of hydrogen-bond donors (Lipinski definition) is 3. The summed E-state index contributed by atoms with van der Waals surface area (Å²) in [6.07, 6.45) is 7.07. The molecule has 5 heteroatoms. The second-order valence-electron chi connectivity index (χ2n) is 6.74. The Kier molecular flexibility index (Phi) is 6.77. The number of aliphatic hydroxyl groups is 1. The van der Waals surface area contributed by atoms with Crippen molar-refractivity contribution in [2.24, 2.45) is 5.92 Å². The van der Waals surface area contributed by atoms with Crippen molar-refractivity contribution in [3.63, 3.8) is 0 Å². The number of nitrogens with zero attached hydrogens (tertiary/aromatic N) is 1. The summed E-state index contributed by atoms with van der Waals surface area (Å²) < 4.78 is 0. The van der Waals surface area contributed by atoms with Crippen LogP contribution < -0.4 is 10.6 Å². The lowest BCUT2D eigenvalue weighted by Crippen LogP contribution is -2.49. The molecule has 1 heterocycles. The quantitative estimate of drug-likeness (QED) is 0.677. The van der Waals surface area contributed by atoms with E-state index < -0.39 is 0 Å². The molecule has 0 bridgehead atoms. The molecule has 0 aromatic rings. The molecular weight excluding hydrogens is 266 g/mol. The molecule has 3 N–H and O–H groups in total. The third-order valence-electron chi connectivity index (χ3n) is 4.86. The number of rotatable bonds is 5. The minimum Gasteiger partial charge on any atom is -0.391 e. The summed E-state index contributed by atoms with van der Waals surface area (Å²) in [7, 11) is 0. The average Bonchev–Trinajstić information content (AvgIpc) is 2.48. The highest BCUT2D eigenvalue weighted by Crippen LogP contribution is 2.18. The summed E-state index contributed by atoms with van der Waals surface area (Å²) in [5.41, 5.74) is 0. The van der Waals surface area contributed by atoms with Gasteiger partial charge in [-0.25, -0.2) is 4.79 Å². The van der Waals surface area contributed by atoms with E-state index in [-0.39, 0.29) is 18.2 Å². The number of hydrogen-bond acceptors (Lipinski definition) is 3. The maximum Gasteiger partial charge on any atom is 0.315 e. The van der Waals surface area contributed by atoms with Crippen molar-refractivity contribution < 1.29 is 9.90 Å². The maximum absolute atomic E-state index is 11.8. The number of likely N-dealkylation sites (tertiary alicyclic amines) is 1. The molecule has 5 nitrogen and oxygen atoms in total. The van der Waals surface area contributed by atoms with E-state index in [1.165, 1.54) is 25.9 Å². The van der Waals surface area contributed by atoms with Crippen LogP contribution in [0.4, 0.5) is 4.79 Å². The Morgan fingerprint density at radius 3 is 2.62 bits per heavy atom. The zero-order chi connectivity index (χ0) is 15.1. The highest BCUT2D eigenvalue weighted by Gasteiger charge is 2.24. The molecule has 1 saturated carbocycles. The maximum atomic E-state index is 11.8. The van der Waals surface area contributed by atoms with Crippen LogP contribution in [0.15, 0.2) is 0 Å². The van der Waals surface area contributed by atoms with Crippen LogP contribution in [-0.4, -0.2) is 54.4 Å². The smallest absolute Gasteiger partial charge is 0.315 e. The largest absolute Gasteiger partial charge is 0.391 e. The van der Waals surface area contributed by atoms with Crippen LogP contribution >= 0.6 is 0 Å². The molecule has 122 valence electrons. The highest BCUT2D eigenvalue weighted by atomic mass is 16.3. The summed E-state index contributed by atoms with van der Waals surface area (Å²) in [6.45, 7) is 6.49. The van der Waals surface area contributed by atoms with Crippen molar-refractivity contribution in [3.8, 4) is 0 Å². The van der Waals surface area contributed by atoms with Crippen molar-refractivity contribution >= 4 is 6.03 Å². The van der Waals surface area contributed by atoms with Gasteiger partial charge in [0.15, 0.2) is 0 Å². The SMILES string of the molecule is CC1CCN(CCCNC(=O)NC2CCCCC2O)CC1. The number of nitrogens with one attached hydrogen (secondary N) is 2. The van der Waals surface area contributed by atoms with Crippen LogP contribution in [0.1, 0.15) is 51.9 Å². The van der Waals surface area contributed by atoms with Gasteiger partial charge in [-0.1, -0.05) is 19.8 Å². The van der Waals surface area contributed by atoms with E-state index in [2.05, 4.69) is 22.5 Å². The number of piperidine rings is 1. The lowest BCUT2D eigenvalue weighted by molar-refractivity contribution is 0.0943. The van der Waals surface area contributed by atoms with Gasteiger partial charge in [0.25, 0.3) is 0 Å². The Bertz CT molecular complexity index is 317. The Balaban J connectivity index is 1.53. The summed E-state index contributed by atoms with van der Waals surface area (Å²) in [5, 5.41) is 15.6. The molecule has 2 atom stereocenters. The van der Waals surface area contributed by atoms with E-state index in [1.807, 2.05) is 0 Å². The van der Waals surface area contributed by atoms with Gasteiger partial charge in [0, 0.05) is 6.54 Å². The van der Waals surface area contributed by atoms with E-state index in [4.69, 9.17) is 0 Å². The molecule has 0 aromatic carbocycles. The first-order valence-corrected chi connectivity index (χ1v) is 8.60. The lowest BCUT2D eigenvalue weighted by Gasteiger charge is -2.30. The monoisotopic (exact) mass is 297 g/mol. The molecule has 0 aromatic heterocycles.